The summed E-state index contributed by atoms with van der Waals surface area (Å²) in [7, 11) is 0. The van der Waals surface area contributed by atoms with E-state index < -0.39 is 0 Å². The van der Waals surface area contributed by atoms with Crippen LogP contribution in [0.3, 0.4) is 0 Å². The smallest absolute Gasteiger partial charge is 0.157 e. The number of ether oxygens (including phenoxy) is 1. The first kappa shape index (κ1) is 18.4. The van der Waals surface area contributed by atoms with Crippen LogP contribution in [0.15, 0.2) is 42.5 Å². The van der Waals surface area contributed by atoms with E-state index in [0.717, 1.165) is 43.9 Å². The summed E-state index contributed by atoms with van der Waals surface area (Å²) >= 11 is 5.81. The molecule has 0 bridgehead atoms. The van der Waals surface area contributed by atoms with E-state index in [2.05, 4.69) is 10.6 Å². The molecule has 6 heteroatoms. The summed E-state index contributed by atoms with van der Waals surface area (Å²) < 4.78 is 5.58. The van der Waals surface area contributed by atoms with Crippen molar-refractivity contribution < 1.29 is 14.9 Å². The summed E-state index contributed by atoms with van der Waals surface area (Å²) in [6.45, 7) is 3.90. The van der Waals surface area contributed by atoms with Crippen molar-refractivity contribution in [2.45, 2.75) is 6.42 Å². The molecule has 0 aliphatic heterocycles. The number of hydrogen-bond donors (Lipinski definition) is 4. The van der Waals surface area contributed by atoms with E-state index in [1.807, 2.05) is 30.3 Å². The third-order valence-corrected chi connectivity index (χ3v) is 3.72. The molecule has 130 valence electrons. The quantitative estimate of drug-likeness (QED) is 0.391. The zero-order chi connectivity index (χ0) is 17.2. The predicted octanol–water partition coefficient (Wildman–Crippen LogP) is 2.55. The summed E-state index contributed by atoms with van der Waals surface area (Å²) in [5, 5.41) is 26.0. The molecule has 0 aliphatic rings. The Morgan fingerprint density at radius 2 is 1.54 bits per heavy atom. The lowest BCUT2D eigenvalue weighted by atomic mass is 10.1. The first-order valence-electron chi connectivity index (χ1n) is 7.96. The second-order valence-electron chi connectivity index (χ2n) is 5.38. The molecule has 24 heavy (non-hydrogen) atoms. The SMILES string of the molecule is Oc1ccc(CCNCCNCCOc2ccc(Cl)cc2)cc1O. The van der Waals surface area contributed by atoms with Crippen molar-refractivity contribution >= 4 is 11.6 Å². The molecular formula is C18H23ClN2O3. The van der Waals surface area contributed by atoms with Crippen molar-refractivity contribution in [3.8, 4) is 17.2 Å². The Kier molecular flexibility index (Phi) is 7.68. The number of halogens is 1. The molecule has 0 atom stereocenters. The molecule has 2 aromatic rings. The minimum atomic E-state index is -0.0864. The molecule has 0 heterocycles. The first-order valence-corrected chi connectivity index (χ1v) is 8.33. The molecule has 5 nitrogen and oxygen atoms in total. The van der Waals surface area contributed by atoms with Gasteiger partial charge in [-0.15, -0.1) is 0 Å². The van der Waals surface area contributed by atoms with Gasteiger partial charge in [-0.3, -0.25) is 0 Å². The zero-order valence-corrected chi connectivity index (χ0v) is 14.2. The molecule has 0 saturated carbocycles. The van der Waals surface area contributed by atoms with Gasteiger partial charge in [-0.1, -0.05) is 17.7 Å². The fourth-order valence-electron chi connectivity index (χ4n) is 2.16. The highest BCUT2D eigenvalue weighted by Gasteiger charge is 2.00. The van der Waals surface area contributed by atoms with Crippen LogP contribution < -0.4 is 15.4 Å². The van der Waals surface area contributed by atoms with Gasteiger partial charge in [-0.2, -0.15) is 0 Å². The van der Waals surface area contributed by atoms with Gasteiger partial charge in [0.2, 0.25) is 0 Å². The summed E-state index contributed by atoms with van der Waals surface area (Å²) in [6, 6.07) is 12.2. The van der Waals surface area contributed by atoms with Gasteiger partial charge in [0.1, 0.15) is 12.4 Å². The molecule has 0 aromatic heterocycles. The lowest BCUT2D eigenvalue weighted by Crippen LogP contribution is -2.31. The highest BCUT2D eigenvalue weighted by Crippen LogP contribution is 2.24. The van der Waals surface area contributed by atoms with Gasteiger partial charge in [-0.25, -0.2) is 0 Å². The van der Waals surface area contributed by atoms with Crippen LogP contribution in [-0.4, -0.2) is 43.0 Å². The molecule has 0 fully saturated rings. The minimum Gasteiger partial charge on any atom is -0.504 e. The van der Waals surface area contributed by atoms with Crippen LogP contribution in [0.1, 0.15) is 5.56 Å². The second kappa shape index (κ2) is 10.0. The van der Waals surface area contributed by atoms with Gasteiger partial charge in [0, 0.05) is 24.7 Å². The van der Waals surface area contributed by atoms with Crippen molar-refractivity contribution in [2.75, 3.05) is 32.8 Å². The minimum absolute atomic E-state index is 0.0742. The van der Waals surface area contributed by atoms with Gasteiger partial charge in [0.25, 0.3) is 0 Å². The summed E-state index contributed by atoms with van der Waals surface area (Å²) in [4.78, 5) is 0. The molecular weight excluding hydrogens is 328 g/mol. The van der Waals surface area contributed by atoms with Gasteiger partial charge in [0.15, 0.2) is 11.5 Å². The molecule has 0 amide bonds. The molecule has 2 rings (SSSR count). The second-order valence-corrected chi connectivity index (χ2v) is 5.81. The van der Waals surface area contributed by atoms with Crippen molar-refractivity contribution in [2.24, 2.45) is 0 Å². The van der Waals surface area contributed by atoms with E-state index in [4.69, 9.17) is 16.3 Å². The third-order valence-electron chi connectivity index (χ3n) is 3.47. The number of benzene rings is 2. The number of nitrogens with one attached hydrogen (secondary N) is 2. The summed E-state index contributed by atoms with van der Waals surface area (Å²) in [5.41, 5.74) is 0.988. The van der Waals surface area contributed by atoms with Crippen molar-refractivity contribution in [3.63, 3.8) is 0 Å². The number of phenols is 2. The van der Waals surface area contributed by atoms with Crippen LogP contribution in [0.5, 0.6) is 17.2 Å². The van der Waals surface area contributed by atoms with Crippen LogP contribution in [0, 0.1) is 0 Å². The van der Waals surface area contributed by atoms with E-state index in [1.54, 1.807) is 6.07 Å². The number of phenolic OH excluding ortho intramolecular Hbond substituents is 2. The Labute approximate surface area is 147 Å². The number of rotatable bonds is 10. The van der Waals surface area contributed by atoms with Gasteiger partial charge >= 0.3 is 0 Å². The topological polar surface area (TPSA) is 73.8 Å². The van der Waals surface area contributed by atoms with Crippen LogP contribution in [0.4, 0.5) is 0 Å². The van der Waals surface area contributed by atoms with Crippen LogP contribution in [-0.2, 0) is 6.42 Å². The Bertz CT molecular complexity index is 620. The van der Waals surface area contributed by atoms with Crippen LogP contribution in [0.25, 0.3) is 0 Å². The van der Waals surface area contributed by atoms with Crippen molar-refractivity contribution in [3.05, 3.63) is 53.1 Å². The van der Waals surface area contributed by atoms with E-state index in [-0.39, 0.29) is 11.5 Å². The van der Waals surface area contributed by atoms with Crippen molar-refractivity contribution in [1.82, 2.24) is 10.6 Å². The fourth-order valence-corrected chi connectivity index (χ4v) is 2.28. The number of aromatic hydroxyl groups is 2. The summed E-state index contributed by atoms with van der Waals surface area (Å²) in [6.07, 6.45) is 0.799. The molecule has 2 aromatic carbocycles. The predicted molar refractivity (Wildman–Crippen MR) is 96.2 cm³/mol. The van der Waals surface area contributed by atoms with E-state index >= 15 is 0 Å². The Hall–Kier alpha value is -1.95. The van der Waals surface area contributed by atoms with Crippen LogP contribution >= 0.6 is 11.6 Å². The highest BCUT2D eigenvalue weighted by molar-refractivity contribution is 6.30. The maximum atomic E-state index is 9.42. The molecule has 0 unspecified atom stereocenters. The maximum Gasteiger partial charge on any atom is 0.157 e. The third kappa shape index (κ3) is 6.66. The zero-order valence-electron chi connectivity index (χ0n) is 13.5. The standard InChI is InChI=1S/C18H23ClN2O3/c19-15-2-4-16(5-3-15)24-12-11-21-10-9-20-8-7-14-1-6-17(22)18(23)13-14/h1-6,13,20-23H,7-12H2. The van der Waals surface area contributed by atoms with E-state index in [9.17, 15) is 10.2 Å². The van der Waals surface area contributed by atoms with E-state index in [0.29, 0.717) is 11.6 Å². The summed E-state index contributed by atoms with van der Waals surface area (Å²) in [5.74, 6) is 0.656. The lowest BCUT2D eigenvalue weighted by molar-refractivity contribution is 0.314. The average Bonchev–Trinajstić information content (AvgIpc) is 2.58. The lowest BCUT2D eigenvalue weighted by Gasteiger charge is -2.09. The fraction of sp³-hybridized carbons (Fsp3) is 0.333. The van der Waals surface area contributed by atoms with Gasteiger partial charge < -0.3 is 25.6 Å². The Morgan fingerprint density at radius 1 is 0.833 bits per heavy atom. The van der Waals surface area contributed by atoms with Crippen molar-refractivity contribution in [1.29, 1.82) is 0 Å². The molecule has 4 N–H and O–H groups in total. The molecule has 0 radical (unpaired) electrons. The molecule has 0 spiro atoms. The number of hydrogen-bond acceptors (Lipinski definition) is 5. The molecule has 0 saturated heterocycles. The monoisotopic (exact) mass is 350 g/mol. The van der Waals surface area contributed by atoms with Crippen LogP contribution in [0.2, 0.25) is 5.02 Å². The largest absolute Gasteiger partial charge is 0.504 e. The maximum absolute atomic E-state index is 9.42. The van der Waals surface area contributed by atoms with E-state index in [1.165, 1.54) is 6.07 Å². The highest BCUT2D eigenvalue weighted by atomic mass is 35.5. The Morgan fingerprint density at radius 3 is 2.25 bits per heavy atom. The molecule has 0 aliphatic carbocycles. The normalized spacial score (nSPS) is 10.7. The van der Waals surface area contributed by atoms with Gasteiger partial charge in [-0.05, 0) is 54.9 Å². The Balaban J connectivity index is 1.46. The van der Waals surface area contributed by atoms with Gasteiger partial charge in [0.05, 0.1) is 0 Å². The average molecular weight is 351 g/mol. The first-order chi connectivity index (χ1) is 11.6.